The van der Waals surface area contributed by atoms with Gasteiger partial charge in [0, 0.05) is 16.5 Å². The fourth-order valence-electron chi connectivity index (χ4n) is 3.16. The molecule has 0 saturated heterocycles. The summed E-state index contributed by atoms with van der Waals surface area (Å²) in [4.78, 5) is 9.26. The second kappa shape index (κ2) is 6.12. The van der Waals surface area contributed by atoms with Gasteiger partial charge >= 0.3 is 0 Å². The van der Waals surface area contributed by atoms with Crippen LogP contribution in [0.2, 0.25) is 0 Å². The Labute approximate surface area is 119 Å². The Balaban J connectivity index is 1.65. The molecule has 1 heterocycles. The number of hydrogen-bond acceptors (Lipinski definition) is 4. The Bertz CT molecular complexity index is 441. The number of fused-ring (bicyclic) bond motifs is 1. The van der Waals surface area contributed by atoms with Crippen LogP contribution in [-0.2, 0) is 18.6 Å². The Morgan fingerprint density at radius 3 is 2.63 bits per heavy atom. The summed E-state index contributed by atoms with van der Waals surface area (Å²) in [7, 11) is 0. The SMILES string of the molecule is Nc1nc(CSC2CCCCC2)nc2c1CCCC2. The molecule has 0 atom stereocenters. The van der Waals surface area contributed by atoms with Crippen LogP contribution < -0.4 is 5.73 Å². The summed E-state index contributed by atoms with van der Waals surface area (Å²) in [5.74, 6) is 2.62. The normalized spacial score (nSPS) is 20.2. The van der Waals surface area contributed by atoms with Crippen LogP contribution in [0.3, 0.4) is 0 Å². The molecular weight excluding hydrogens is 254 g/mol. The maximum Gasteiger partial charge on any atom is 0.140 e. The van der Waals surface area contributed by atoms with Gasteiger partial charge in [0.1, 0.15) is 11.6 Å². The van der Waals surface area contributed by atoms with E-state index >= 15 is 0 Å². The molecule has 104 valence electrons. The van der Waals surface area contributed by atoms with Gasteiger partial charge in [-0.25, -0.2) is 9.97 Å². The monoisotopic (exact) mass is 277 g/mol. The second-order valence-corrected chi connectivity index (χ2v) is 7.02. The molecule has 3 nitrogen and oxygen atoms in total. The van der Waals surface area contributed by atoms with Gasteiger partial charge in [0.15, 0.2) is 0 Å². The number of nitrogens with two attached hydrogens (primary N) is 1. The number of thioether (sulfide) groups is 1. The first kappa shape index (κ1) is 13.2. The third-order valence-electron chi connectivity index (χ3n) is 4.26. The standard InChI is InChI=1S/C15H23N3S/c16-15-12-8-4-5-9-13(12)17-14(18-15)10-19-11-6-2-1-3-7-11/h11H,1-10H2,(H2,16,17,18). The minimum absolute atomic E-state index is 0.740. The van der Waals surface area contributed by atoms with Gasteiger partial charge in [0.2, 0.25) is 0 Å². The van der Waals surface area contributed by atoms with Crippen LogP contribution in [0.5, 0.6) is 0 Å². The van der Waals surface area contributed by atoms with Gasteiger partial charge in [-0.3, -0.25) is 0 Å². The van der Waals surface area contributed by atoms with E-state index in [4.69, 9.17) is 10.7 Å². The summed E-state index contributed by atoms with van der Waals surface area (Å²) >= 11 is 2.03. The van der Waals surface area contributed by atoms with Gasteiger partial charge in [0.25, 0.3) is 0 Å². The number of hydrogen-bond donors (Lipinski definition) is 1. The van der Waals surface area contributed by atoms with E-state index in [0.29, 0.717) is 0 Å². The maximum absolute atomic E-state index is 6.09. The van der Waals surface area contributed by atoms with Gasteiger partial charge in [0.05, 0.1) is 5.75 Å². The van der Waals surface area contributed by atoms with Gasteiger partial charge in [-0.2, -0.15) is 11.8 Å². The zero-order valence-corrected chi connectivity index (χ0v) is 12.3. The zero-order chi connectivity index (χ0) is 13.1. The average molecular weight is 277 g/mol. The van der Waals surface area contributed by atoms with Crippen LogP contribution >= 0.6 is 11.8 Å². The zero-order valence-electron chi connectivity index (χ0n) is 11.5. The predicted molar refractivity (Wildman–Crippen MR) is 81.3 cm³/mol. The van der Waals surface area contributed by atoms with Crippen molar-refractivity contribution in [2.75, 3.05) is 5.73 Å². The number of aromatic nitrogens is 2. The highest BCUT2D eigenvalue weighted by molar-refractivity contribution is 7.99. The minimum Gasteiger partial charge on any atom is -0.383 e. The smallest absolute Gasteiger partial charge is 0.140 e. The van der Waals surface area contributed by atoms with E-state index in [0.717, 1.165) is 35.5 Å². The molecular formula is C15H23N3S. The first-order valence-corrected chi connectivity index (χ1v) is 8.63. The Morgan fingerprint density at radius 2 is 1.79 bits per heavy atom. The number of anilines is 1. The van der Waals surface area contributed by atoms with E-state index < -0.39 is 0 Å². The molecule has 0 aromatic carbocycles. The second-order valence-electron chi connectivity index (χ2n) is 5.73. The summed E-state index contributed by atoms with van der Waals surface area (Å²) < 4.78 is 0. The number of nitrogen functional groups attached to an aromatic ring is 1. The molecule has 2 aliphatic rings. The lowest BCUT2D eigenvalue weighted by atomic mass is 9.96. The highest BCUT2D eigenvalue weighted by Gasteiger charge is 2.18. The molecule has 3 rings (SSSR count). The molecule has 2 N–H and O–H groups in total. The van der Waals surface area contributed by atoms with Crippen molar-refractivity contribution in [2.45, 2.75) is 68.8 Å². The molecule has 0 bridgehead atoms. The highest BCUT2D eigenvalue weighted by Crippen LogP contribution is 2.31. The van der Waals surface area contributed by atoms with E-state index in [1.807, 2.05) is 11.8 Å². The molecule has 0 radical (unpaired) electrons. The van der Waals surface area contributed by atoms with Crippen molar-refractivity contribution < 1.29 is 0 Å². The first-order valence-electron chi connectivity index (χ1n) is 7.58. The topological polar surface area (TPSA) is 51.8 Å². The summed E-state index contributed by atoms with van der Waals surface area (Å²) in [6.07, 6.45) is 11.6. The molecule has 1 aromatic heterocycles. The maximum atomic E-state index is 6.09. The fraction of sp³-hybridized carbons (Fsp3) is 0.733. The van der Waals surface area contributed by atoms with E-state index in [9.17, 15) is 0 Å². The molecule has 0 amide bonds. The molecule has 0 unspecified atom stereocenters. The summed E-state index contributed by atoms with van der Waals surface area (Å²) in [6.45, 7) is 0. The van der Waals surface area contributed by atoms with Crippen molar-refractivity contribution in [3.8, 4) is 0 Å². The molecule has 4 heteroatoms. The van der Waals surface area contributed by atoms with Crippen molar-refractivity contribution in [2.24, 2.45) is 0 Å². The summed E-state index contributed by atoms with van der Waals surface area (Å²) in [6, 6.07) is 0. The quantitative estimate of drug-likeness (QED) is 0.918. The third kappa shape index (κ3) is 3.22. The van der Waals surface area contributed by atoms with Crippen molar-refractivity contribution in [1.82, 2.24) is 9.97 Å². The van der Waals surface area contributed by atoms with Crippen LogP contribution in [0.4, 0.5) is 5.82 Å². The molecule has 0 aliphatic heterocycles. The molecule has 1 saturated carbocycles. The van der Waals surface area contributed by atoms with Crippen molar-refractivity contribution in [3.05, 3.63) is 17.1 Å². The van der Waals surface area contributed by atoms with Gasteiger partial charge in [-0.1, -0.05) is 19.3 Å². The van der Waals surface area contributed by atoms with Crippen LogP contribution in [0.1, 0.15) is 62.0 Å². The Kier molecular flexibility index (Phi) is 4.26. The third-order valence-corrected chi connectivity index (χ3v) is 5.63. The summed E-state index contributed by atoms with van der Waals surface area (Å²) in [5, 5.41) is 0.814. The summed E-state index contributed by atoms with van der Waals surface area (Å²) in [5.41, 5.74) is 8.53. The van der Waals surface area contributed by atoms with Gasteiger partial charge in [-0.05, 0) is 38.5 Å². The van der Waals surface area contributed by atoms with E-state index in [1.165, 1.54) is 56.2 Å². The molecule has 2 aliphatic carbocycles. The first-order chi connectivity index (χ1) is 9.33. The Hall–Kier alpha value is -0.770. The molecule has 1 fully saturated rings. The molecule has 1 aromatic rings. The van der Waals surface area contributed by atoms with Crippen molar-refractivity contribution in [3.63, 3.8) is 0 Å². The number of nitrogens with zero attached hydrogens (tertiary/aromatic N) is 2. The lowest BCUT2D eigenvalue weighted by Gasteiger charge is -2.21. The average Bonchev–Trinajstić information content (AvgIpc) is 2.46. The van der Waals surface area contributed by atoms with E-state index in [2.05, 4.69) is 4.98 Å². The highest BCUT2D eigenvalue weighted by atomic mass is 32.2. The lowest BCUT2D eigenvalue weighted by molar-refractivity contribution is 0.516. The van der Waals surface area contributed by atoms with Crippen LogP contribution in [0, 0.1) is 0 Å². The van der Waals surface area contributed by atoms with Gasteiger partial charge < -0.3 is 5.73 Å². The number of rotatable bonds is 3. The van der Waals surface area contributed by atoms with Crippen LogP contribution in [-0.4, -0.2) is 15.2 Å². The van der Waals surface area contributed by atoms with E-state index in [1.54, 1.807) is 0 Å². The number of aryl methyl sites for hydroxylation is 1. The molecule has 19 heavy (non-hydrogen) atoms. The largest absolute Gasteiger partial charge is 0.383 e. The fourth-order valence-corrected chi connectivity index (χ4v) is 4.35. The predicted octanol–water partition coefficient (Wildman–Crippen LogP) is 3.50. The van der Waals surface area contributed by atoms with Crippen LogP contribution in [0.15, 0.2) is 0 Å². The minimum atomic E-state index is 0.740. The molecule has 0 spiro atoms. The lowest BCUT2D eigenvalue weighted by Crippen LogP contribution is -2.14. The van der Waals surface area contributed by atoms with Crippen LogP contribution in [0.25, 0.3) is 0 Å². The van der Waals surface area contributed by atoms with E-state index in [-0.39, 0.29) is 0 Å². The van der Waals surface area contributed by atoms with Crippen molar-refractivity contribution >= 4 is 17.6 Å². The van der Waals surface area contributed by atoms with Crippen molar-refractivity contribution in [1.29, 1.82) is 0 Å². The Morgan fingerprint density at radius 1 is 1.00 bits per heavy atom. The van der Waals surface area contributed by atoms with Gasteiger partial charge in [-0.15, -0.1) is 0 Å².